The van der Waals surface area contributed by atoms with E-state index in [-0.39, 0.29) is 22.5 Å². The Kier molecular flexibility index (Phi) is 4.59. The van der Waals surface area contributed by atoms with Crippen molar-refractivity contribution in [1.82, 2.24) is 9.62 Å². The van der Waals surface area contributed by atoms with Gasteiger partial charge in [-0.1, -0.05) is 18.5 Å². The molecule has 3 N–H and O–H groups in total. The molecule has 0 aliphatic carbocycles. The van der Waals surface area contributed by atoms with Crippen LogP contribution in [0.15, 0.2) is 23.1 Å². The molecule has 1 aliphatic heterocycles. The lowest BCUT2D eigenvalue weighted by Gasteiger charge is -2.35. The summed E-state index contributed by atoms with van der Waals surface area (Å²) in [6.45, 7) is 3.81. The quantitative estimate of drug-likeness (QED) is 0.829. The van der Waals surface area contributed by atoms with Gasteiger partial charge in [0.05, 0.1) is 5.69 Å². The summed E-state index contributed by atoms with van der Waals surface area (Å²) in [7, 11) is -1.57. The normalized spacial score (nSPS) is 24.8. The molecule has 2 unspecified atom stereocenters. The molecule has 2 rings (SSSR count). The zero-order valence-electron chi connectivity index (χ0n) is 11.6. The van der Waals surface area contributed by atoms with Crippen LogP contribution in [0.5, 0.6) is 0 Å². The molecule has 2 atom stereocenters. The summed E-state index contributed by atoms with van der Waals surface area (Å²) in [5.74, 6) is 0.261. The smallest absolute Gasteiger partial charge is 0.242 e. The van der Waals surface area contributed by atoms with Crippen LogP contribution in [0.4, 0.5) is 5.69 Å². The molecule has 0 aromatic heterocycles. The highest BCUT2D eigenvalue weighted by Gasteiger charge is 2.29. The number of piperidine rings is 1. The molecule has 1 saturated heterocycles. The summed E-state index contributed by atoms with van der Waals surface area (Å²) < 4.78 is 27.6. The van der Waals surface area contributed by atoms with E-state index in [1.54, 1.807) is 0 Å². The Hall–Kier alpha value is -0.820. The Bertz CT molecular complexity index is 591. The Morgan fingerprint density at radius 3 is 2.75 bits per heavy atom. The third-order valence-electron chi connectivity index (χ3n) is 3.68. The van der Waals surface area contributed by atoms with Crippen molar-refractivity contribution in [3.8, 4) is 0 Å². The molecule has 20 heavy (non-hydrogen) atoms. The maximum atomic E-state index is 12.4. The Morgan fingerprint density at radius 1 is 1.45 bits per heavy atom. The molecule has 1 fully saturated rings. The highest BCUT2D eigenvalue weighted by Crippen LogP contribution is 2.24. The van der Waals surface area contributed by atoms with E-state index in [1.807, 2.05) is 14.0 Å². The van der Waals surface area contributed by atoms with Gasteiger partial charge >= 0.3 is 0 Å². The van der Waals surface area contributed by atoms with E-state index < -0.39 is 10.0 Å². The average Bonchev–Trinajstić information content (AvgIpc) is 2.32. The van der Waals surface area contributed by atoms with E-state index in [9.17, 15) is 8.42 Å². The first-order valence-corrected chi connectivity index (χ1v) is 8.41. The predicted octanol–water partition coefficient (Wildman–Crippen LogP) is 1.54. The molecule has 0 saturated carbocycles. The van der Waals surface area contributed by atoms with Crippen LogP contribution in [0.3, 0.4) is 0 Å². The summed E-state index contributed by atoms with van der Waals surface area (Å²) in [6, 6.07) is 4.37. The number of anilines is 1. The Labute approximate surface area is 125 Å². The highest BCUT2D eigenvalue weighted by atomic mass is 35.5. The van der Waals surface area contributed by atoms with Crippen LogP contribution in [0.25, 0.3) is 0 Å². The van der Waals surface area contributed by atoms with Crippen LogP contribution in [-0.4, -0.2) is 39.5 Å². The predicted molar refractivity (Wildman–Crippen MR) is 81.3 cm³/mol. The number of rotatable bonds is 3. The van der Waals surface area contributed by atoms with Gasteiger partial charge in [-0.05, 0) is 44.1 Å². The molecular weight excluding hydrogens is 298 g/mol. The second-order valence-electron chi connectivity index (χ2n) is 5.44. The Morgan fingerprint density at radius 2 is 2.15 bits per heavy atom. The van der Waals surface area contributed by atoms with Crippen molar-refractivity contribution < 1.29 is 8.42 Å². The van der Waals surface area contributed by atoms with Gasteiger partial charge in [0.2, 0.25) is 10.0 Å². The lowest BCUT2D eigenvalue weighted by molar-refractivity contribution is 0.188. The number of hydrogen-bond donors (Lipinski definition) is 2. The topological polar surface area (TPSA) is 75.4 Å². The van der Waals surface area contributed by atoms with Gasteiger partial charge in [-0.2, -0.15) is 0 Å². The van der Waals surface area contributed by atoms with E-state index in [0.717, 1.165) is 19.5 Å². The highest BCUT2D eigenvalue weighted by molar-refractivity contribution is 7.89. The summed E-state index contributed by atoms with van der Waals surface area (Å²) >= 11 is 5.80. The summed E-state index contributed by atoms with van der Waals surface area (Å²) in [6.07, 6.45) is 0.796. The van der Waals surface area contributed by atoms with E-state index in [0.29, 0.717) is 5.02 Å². The third kappa shape index (κ3) is 3.44. The number of hydrogen-bond acceptors (Lipinski definition) is 4. The van der Waals surface area contributed by atoms with Gasteiger partial charge in [0.1, 0.15) is 4.90 Å². The minimum atomic E-state index is -3.61. The first kappa shape index (κ1) is 15.6. The molecule has 0 radical (unpaired) electrons. The van der Waals surface area contributed by atoms with Crippen LogP contribution in [0.2, 0.25) is 5.02 Å². The van der Waals surface area contributed by atoms with Gasteiger partial charge in [0, 0.05) is 17.6 Å². The number of halogens is 1. The van der Waals surface area contributed by atoms with Crippen molar-refractivity contribution in [1.29, 1.82) is 0 Å². The summed E-state index contributed by atoms with van der Waals surface area (Å²) in [4.78, 5) is 2.29. The van der Waals surface area contributed by atoms with Crippen molar-refractivity contribution >= 4 is 27.3 Å². The molecular formula is C13H20ClN3O2S. The molecule has 5 nitrogen and oxygen atoms in total. The minimum Gasteiger partial charge on any atom is -0.398 e. The number of likely N-dealkylation sites (tertiary alicyclic amines) is 1. The maximum absolute atomic E-state index is 12.4. The van der Waals surface area contributed by atoms with Crippen LogP contribution < -0.4 is 10.5 Å². The van der Waals surface area contributed by atoms with Gasteiger partial charge in [-0.25, -0.2) is 13.1 Å². The molecule has 0 amide bonds. The van der Waals surface area contributed by atoms with Gasteiger partial charge in [0.25, 0.3) is 0 Å². The molecule has 7 heteroatoms. The number of benzene rings is 1. The maximum Gasteiger partial charge on any atom is 0.242 e. The SMILES string of the molecule is CC1CN(C)CCC1NS(=O)(=O)c1ccc(Cl)cc1N. The van der Waals surface area contributed by atoms with E-state index >= 15 is 0 Å². The van der Waals surface area contributed by atoms with Crippen LogP contribution in [0, 0.1) is 5.92 Å². The minimum absolute atomic E-state index is 0.0636. The molecule has 1 heterocycles. The van der Waals surface area contributed by atoms with Crippen molar-refractivity contribution in [2.24, 2.45) is 5.92 Å². The second-order valence-corrected chi connectivity index (χ2v) is 7.56. The first-order valence-electron chi connectivity index (χ1n) is 6.55. The van der Waals surface area contributed by atoms with Crippen molar-refractivity contribution in [3.05, 3.63) is 23.2 Å². The fraction of sp³-hybridized carbons (Fsp3) is 0.538. The van der Waals surface area contributed by atoms with Crippen molar-refractivity contribution in [3.63, 3.8) is 0 Å². The number of nitrogens with two attached hydrogens (primary N) is 1. The summed E-state index contributed by atoms with van der Waals surface area (Å²) in [5.41, 5.74) is 5.93. The molecule has 1 aromatic carbocycles. The zero-order chi connectivity index (χ0) is 14.9. The number of nitrogens with zero attached hydrogens (tertiary/aromatic N) is 1. The van der Waals surface area contributed by atoms with Crippen LogP contribution in [-0.2, 0) is 10.0 Å². The third-order valence-corrected chi connectivity index (χ3v) is 5.48. The van der Waals surface area contributed by atoms with Crippen LogP contribution >= 0.6 is 11.6 Å². The van der Waals surface area contributed by atoms with E-state index in [4.69, 9.17) is 17.3 Å². The largest absolute Gasteiger partial charge is 0.398 e. The monoisotopic (exact) mass is 317 g/mol. The zero-order valence-corrected chi connectivity index (χ0v) is 13.2. The second kappa shape index (κ2) is 5.89. The Balaban J connectivity index is 2.19. The van der Waals surface area contributed by atoms with Gasteiger partial charge in [-0.15, -0.1) is 0 Å². The molecule has 112 valence electrons. The fourth-order valence-corrected chi connectivity index (χ4v) is 4.23. The van der Waals surface area contributed by atoms with Crippen molar-refractivity contribution in [2.75, 3.05) is 25.9 Å². The molecule has 0 spiro atoms. The summed E-state index contributed by atoms with van der Waals surface area (Å²) in [5, 5.41) is 0.425. The fourth-order valence-electron chi connectivity index (χ4n) is 2.56. The van der Waals surface area contributed by atoms with E-state index in [1.165, 1.54) is 18.2 Å². The van der Waals surface area contributed by atoms with Gasteiger partial charge in [-0.3, -0.25) is 0 Å². The standard InChI is InChI=1S/C13H20ClN3O2S/c1-9-8-17(2)6-5-12(9)16-20(18,19)13-4-3-10(14)7-11(13)15/h3-4,7,9,12,16H,5-6,8,15H2,1-2H3. The number of nitrogens with one attached hydrogen (secondary N) is 1. The molecule has 1 aliphatic rings. The van der Waals surface area contributed by atoms with Crippen molar-refractivity contribution in [2.45, 2.75) is 24.3 Å². The number of sulfonamides is 1. The lowest BCUT2D eigenvalue weighted by atomic mass is 9.95. The molecule has 1 aromatic rings. The van der Waals surface area contributed by atoms with E-state index in [2.05, 4.69) is 9.62 Å². The lowest BCUT2D eigenvalue weighted by Crippen LogP contribution is -2.48. The van der Waals surface area contributed by atoms with Crippen LogP contribution in [0.1, 0.15) is 13.3 Å². The first-order chi connectivity index (χ1) is 9.29. The number of nitrogen functional groups attached to an aromatic ring is 1. The average molecular weight is 318 g/mol. The van der Waals surface area contributed by atoms with Gasteiger partial charge < -0.3 is 10.6 Å². The van der Waals surface area contributed by atoms with Gasteiger partial charge in [0.15, 0.2) is 0 Å². The molecule has 0 bridgehead atoms.